The number of pyridine rings is 2. The number of halogens is 1. The summed E-state index contributed by atoms with van der Waals surface area (Å²) in [5, 5.41) is 11.1. The van der Waals surface area contributed by atoms with Crippen LogP contribution in [-0.4, -0.2) is 38.8 Å². The zero-order valence-electron chi connectivity index (χ0n) is 16.5. The monoisotopic (exact) mass is 479 g/mol. The predicted molar refractivity (Wildman–Crippen MR) is 117 cm³/mol. The largest absolute Gasteiger partial charge is 0.507 e. The normalized spacial score (nSPS) is 17.7. The van der Waals surface area contributed by atoms with Crippen molar-refractivity contribution < 1.29 is 19.4 Å². The molecule has 156 valence electrons. The average molecular weight is 480 g/mol. The molecule has 1 aromatic carbocycles. The van der Waals surface area contributed by atoms with Gasteiger partial charge in [0, 0.05) is 24.2 Å². The molecule has 3 aromatic rings. The molecule has 8 heteroatoms. The number of carbonyl (C=O) groups is 2. The lowest BCUT2D eigenvalue weighted by Crippen LogP contribution is -2.29. The van der Waals surface area contributed by atoms with Gasteiger partial charge in [-0.15, -0.1) is 0 Å². The minimum atomic E-state index is -0.772. The molecular weight excluding hydrogens is 462 g/mol. The molecule has 31 heavy (non-hydrogen) atoms. The van der Waals surface area contributed by atoms with E-state index in [0.717, 1.165) is 0 Å². The van der Waals surface area contributed by atoms with E-state index in [4.69, 9.17) is 4.74 Å². The van der Waals surface area contributed by atoms with Crippen molar-refractivity contribution in [1.82, 2.24) is 14.9 Å². The summed E-state index contributed by atoms with van der Waals surface area (Å²) in [7, 11) is 1.53. The Morgan fingerprint density at radius 3 is 2.55 bits per heavy atom. The van der Waals surface area contributed by atoms with Crippen molar-refractivity contribution in [2.45, 2.75) is 12.6 Å². The second-order valence-electron chi connectivity index (χ2n) is 6.88. The van der Waals surface area contributed by atoms with Crippen LogP contribution in [0.15, 0.2) is 77.2 Å². The zero-order valence-corrected chi connectivity index (χ0v) is 18.1. The van der Waals surface area contributed by atoms with Crippen LogP contribution in [0.1, 0.15) is 22.9 Å². The van der Waals surface area contributed by atoms with Gasteiger partial charge in [-0.3, -0.25) is 19.6 Å². The number of likely N-dealkylation sites (tertiary alicyclic amines) is 1. The number of hydrogen-bond acceptors (Lipinski definition) is 6. The summed E-state index contributed by atoms with van der Waals surface area (Å²) in [6, 6.07) is 13.0. The number of Topliss-reactive ketones (excluding diaryl/α,β-unsaturated/α-hetero) is 1. The van der Waals surface area contributed by atoms with Crippen LogP contribution in [0.25, 0.3) is 5.76 Å². The molecule has 1 amide bonds. The van der Waals surface area contributed by atoms with E-state index in [9.17, 15) is 14.7 Å². The summed E-state index contributed by atoms with van der Waals surface area (Å²) < 4.78 is 5.84. The summed E-state index contributed by atoms with van der Waals surface area (Å²) in [6.07, 6.45) is 4.79. The van der Waals surface area contributed by atoms with Crippen LogP contribution in [0.2, 0.25) is 0 Å². The van der Waals surface area contributed by atoms with Gasteiger partial charge in [-0.2, -0.15) is 0 Å². The predicted octanol–water partition coefficient (Wildman–Crippen LogP) is 3.87. The van der Waals surface area contributed by atoms with Gasteiger partial charge in [0.05, 0.1) is 35.4 Å². The molecule has 0 radical (unpaired) electrons. The van der Waals surface area contributed by atoms with Crippen molar-refractivity contribution in [2.24, 2.45) is 0 Å². The molecule has 1 atom stereocenters. The van der Waals surface area contributed by atoms with Crippen molar-refractivity contribution in [2.75, 3.05) is 7.11 Å². The third-order valence-electron chi connectivity index (χ3n) is 5.05. The Kier molecular flexibility index (Phi) is 5.81. The fourth-order valence-electron chi connectivity index (χ4n) is 3.57. The van der Waals surface area contributed by atoms with Gasteiger partial charge in [0.2, 0.25) is 0 Å². The van der Waals surface area contributed by atoms with Crippen LogP contribution in [0.5, 0.6) is 5.75 Å². The summed E-state index contributed by atoms with van der Waals surface area (Å²) >= 11 is 3.39. The maximum absolute atomic E-state index is 13.0. The highest BCUT2D eigenvalue weighted by molar-refractivity contribution is 9.10. The first-order chi connectivity index (χ1) is 15.0. The van der Waals surface area contributed by atoms with Crippen LogP contribution < -0.4 is 4.74 Å². The lowest BCUT2D eigenvalue weighted by molar-refractivity contribution is -0.140. The van der Waals surface area contributed by atoms with Gasteiger partial charge in [-0.05, 0) is 64.0 Å². The SMILES string of the molecule is COc1ccc(/C(O)=C2/C(=O)C(=O)N(Cc3ccccn3)C2c2ccncc2)cc1Br. The lowest BCUT2D eigenvalue weighted by atomic mass is 9.96. The summed E-state index contributed by atoms with van der Waals surface area (Å²) in [6.45, 7) is 0.126. The fourth-order valence-corrected chi connectivity index (χ4v) is 4.11. The minimum Gasteiger partial charge on any atom is -0.507 e. The van der Waals surface area contributed by atoms with Crippen molar-refractivity contribution in [3.8, 4) is 5.75 Å². The number of nitrogens with zero attached hydrogens (tertiary/aromatic N) is 3. The molecule has 1 saturated heterocycles. The van der Waals surface area contributed by atoms with Gasteiger partial charge in [0.15, 0.2) is 0 Å². The second kappa shape index (κ2) is 8.69. The van der Waals surface area contributed by atoms with Gasteiger partial charge in [0.1, 0.15) is 11.5 Å². The number of benzene rings is 1. The summed E-state index contributed by atoms with van der Waals surface area (Å²) in [4.78, 5) is 35.7. The molecule has 2 aromatic heterocycles. The molecule has 4 rings (SSSR count). The van der Waals surface area contributed by atoms with Gasteiger partial charge < -0.3 is 14.7 Å². The number of aliphatic hydroxyl groups is 1. The van der Waals surface area contributed by atoms with Crippen molar-refractivity contribution in [3.63, 3.8) is 0 Å². The third kappa shape index (κ3) is 3.94. The Morgan fingerprint density at radius 1 is 1.13 bits per heavy atom. The Morgan fingerprint density at radius 2 is 1.90 bits per heavy atom. The third-order valence-corrected chi connectivity index (χ3v) is 5.67. The number of methoxy groups -OCH3 is 1. The standard InChI is InChI=1S/C23H18BrN3O4/c1-31-18-6-5-15(12-17(18)24)21(28)19-20(14-7-10-25-11-8-14)27(23(30)22(19)29)13-16-4-2-3-9-26-16/h2-12,20,28H,13H2,1H3/b21-19-. The first-order valence-electron chi connectivity index (χ1n) is 9.43. The molecule has 0 saturated carbocycles. The zero-order chi connectivity index (χ0) is 22.0. The molecule has 0 spiro atoms. The molecule has 1 aliphatic rings. The van der Waals surface area contributed by atoms with Gasteiger partial charge >= 0.3 is 0 Å². The Balaban J connectivity index is 1.85. The number of rotatable bonds is 5. The highest BCUT2D eigenvalue weighted by atomic mass is 79.9. The molecule has 3 heterocycles. The molecule has 1 aliphatic heterocycles. The average Bonchev–Trinajstić information content (AvgIpc) is 3.04. The molecule has 7 nitrogen and oxygen atoms in total. The Bertz CT molecular complexity index is 1170. The van der Waals surface area contributed by atoms with E-state index in [1.54, 1.807) is 61.1 Å². The highest BCUT2D eigenvalue weighted by Gasteiger charge is 2.46. The minimum absolute atomic E-state index is 0.0178. The maximum atomic E-state index is 13.0. The van der Waals surface area contributed by atoms with Gasteiger partial charge in [-0.25, -0.2) is 0 Å². The first-order valence-corrected chi connectivity index (χ1v) is 10.2. The van der Waals surface area contributed by atoms with Crippen LogP contribution in [0.3, 0.4) is 0 Å². The van der Waals surface area contributed by atoms with Crippen molar-refractivity contribution in [1.29, 1.82) is 0 Å². The lowest BCUT2D eigenvalue weighted by Gasteiger charge is -2.25. The maximum Gasteiger partial charge on any atom is 0.296 e. The number of ether oxygens (including phenoxy) is 1. The van der Waals surface area contributed by atoms with Crippen LogP contribution in [0, 0.1) is 0 Å². The van der Waals surface area contributed by atoms with E-state index in [1.165, 1.54) is 12.0 Å². The quantitative estimate of drug-likeness (QED) is 0.339. The molecule has 0 bridgehead atoms. The highest BCUT2D eigenvalue weighted by Crippen LogP contribution is 2.40. The van der Waals surface area contributed by atoms with E-state index in [0.29, 0.717) is 27.0 Å². The molecule has 1 fully saturated rings. The van der Waals surface area contributed by atoms with Crippen molar-refractivity contribution >= 4 is 33.4 Å². The molecule has 1 N–H and O–H groups in total. The number of ketones is 1. The van der Waals surface area contributed by atoms with E-state index in [-0.39, 0.29) is 17.9 Å². The summed E-state index contributed by atoms with van der Waals surface area (Å²) in [5.41, 5.74) is 1.71. The number of aliphatic hydroxyl groups excluding tert-OH is 1. The molecular formula is C23H18BrN3O4. The number of carbonyl (C=O) groups excluding carboxylic acids is 2. The van der Waals surface area contributed by atoms with Crippen LogP contribution in [-0.2, 0) is 16.1 Å². The van der Waals surface area contributed by atoms with Crippen LogP contribution >= 0.6 is 15.9 Å². The van der Waals surface area contributed by atoms with Crippen molar-refractivity contribution in [3.05, 3.63) is 94.0 Å². The molecule has 1 unspecified atom stereocenters. The van der Waals surface area contributed by atoms with E-state index in [1.807, 2.05) is 6.07 Å². The smallest absolute Gasteiger partial charge is 0.296 e. The topological polar surface area (TPSA) is 92.6 Å². The van der Waals surface area contributed by atoms with E-state index < -0.39 is 17.7 Å². The van der Waals surface area contributed by atoms with E-state index in [2.05, 4.69) is 25.9 Å². The van der Waals surface area contributed by atoms with Gasteiger partial charge in [0.25, 0.3) is 11.7 Å². The van der Waals surface area contributed by atoms with E-state index >= 15 is 0 Å². The summed E-state index contributed by atoms with van der Waals surface area (Å²) in [5.74, 6) is -1.12. The number of aromatic nitrogens is 2. The Labute approximate surface area is 187 Å². The fraction of sp³-hybridized carbons (Fsp3) is 0.130. The number of hydrogen-bond donors (Lipinski definition) is 1. The first kappa shape index (κ1) is 20.7. The van der Waals surface area contributed by atoms with Crippen LogP contribution in [0.4, 0.5) is 0 Å². The Hall–Kier alpha value is -3.52. The van der Waals surface area contributed by atoms with Gasteiger partial charge in [-0.1, -0.05) is 6.07 Å². The molecule has 0 aliphatic carbocycles. The number of amides is 1. The second-order valence-corrected chi connectivity index (χ2v) is 7.73.